The molecule has 0 bridgehead atoms. The fourth-order valence-electron chi connectivity index (χ4n) is 2.71. The topological polar surface area (TPSA) is 84.7 Å². The molecule has 3 rings (SSSR count). The van der Waals surface area contributed by atoms with Crippen molar-refractivity contribution < 1.29 is 14.3 Å². The minimum atomic E-state index is -0.503. The number of fused-ring (bicyclic) bond motifs is 1. The van der Waals surface area contributed by atoms with Crippen molar-refractivity contribution in [2.75, 3.05) is 25.5 Å². The first-order chi connectivity index (χ1) is 11.5. The molecule has 0 atom stereocenters. The van der Waals surface area contributed by atoms with Gasteiger partial charge in [-0.25, -0.2) is 0 Å². The number of carbonyl (C=O) groups excluding carboxylic acids is 2. The summed E-state index contributed by atoms with van der Waals surface area (Å²) in [4.78, 5) is 27.2. The van der Waals surface area contributed by atoms with Crippen LogP contribution in [0.15, 0.2) is 30.3 Å². The Balaban J connectivity index is 0.00000225. The largest absolute Gasteiger partial charge is 0.484 e. The second-order valence-corrected chi connectivity index (χ2v) is 6.82. The summed E-state index contributed by atoms with van der Waals surface area (Å²) >= 11 is 1.41. The second kappa shape index (κ2) is 8.33. The van der Waals surface area contributed by atoms with Gasteiger partial charge in [-0.3, -0.25) is 9.59 Å². The Morgan fingerprint density at radius 3 is 2.72 bits per heavy atom. The molecule has 0 saturated carbocycles. The average Bonchev–Trinajstić information content (AvgIpc) is 2.90. The zero-order chi connectivity index (χ0) is 17.1. The van der Waals surface area contributed by atoms with Crippen molar-refractivity contribution in [2.24, 2.45) is 5.73 Å². The normalized spacial score (nSPS) is 13.5. The number of halogens is 1. The van der Waals surface area contributed by atoms with Gasteiger partial charge in [-0.05, 0) is 31.2 Å². The highest BCUT2D eigenvalue weighted by molar-refractivity contribution is 7.17. The van der Waals surface area contributed by atoms with Gasteiger partial charge in [-0.15, -0.1) is 23.7 Å². The highest BCUT2D eigenvalue weighted by atomic mass is 35.5. The number of likely N-dealkylation sites (N-methyl/N-ethyl adjacent to an activating group) is 1. The number of para-hydroxylation sites is 1. The SMILES string of the molecule is CN1CCc2c(sc(NC(=O)COc3ccccc3)c2C(N)=O)C1.Cl. The Labute approximate surface area is 156 Å². The number of thiophene rings is 1. The Morgan fingerprint density at radius 2 is 2.04 bits per heavy atom. The van der Waals surface area contributed by atoms with Crippen molar-refractivity contribution in [1.29, 1.82) is 0 Å². The summed E-state index contributed by atoms with van der Waals surface area (Å²) in [6.45, 7) is 1.51. The number of rotatable bonds is 5. The lowest BCUT2D eigenvalue weighted by molar-refractivity contribution is -0.118. The lowest BCUT2D eigenvalue weighted by Gasteiger charge is -2.22. The molecule has 25 heavy (non-hydrogen) atoms. The summed E-state index contributed by atoms with van der Waals surface area (Å²) in [5.41, 5.74) is 6.93. The van der Waals surface area contributed by atoms with Crippen molar-refractivity contribution >= 4 is 40.6 Å². The van der Waals surface area contributed by atoms with E-state index in [0.717, 1.165) is 30.0 Å². The number of hydrogen-bond acceptors (Lipinski definition) is 5. The van der Waals surface area contributed by atoms with E-state index < -0.39 is 5.91 Å². The standard InChI is InChI=1S/C17H19N3O3S.ClH/c1-20-8-7-12-13(9-20)24-17(15(12)16(18)22)19-14(21)10-23-11-5-3-2-4-6-11;/h2-6H,7-10H2,1H3,(H2,18,22)(H,19,21);1H. The number of amides is 2. The van der Waals surface area contributed by atoms with Gasteiger partial charge in [0, 0.05) is 18.0 Å². The van der Waals surface area contributed by atoms with Gasteiger partial charge in [0.15, 0.2) is 6.61 Å². The maximum Gasteiger partial charge on any atom is 0.262 e. The molecule has 1 aromatic carbocycles. The number of anilines is 1. The van der Waals surface area contributed by atoms with E-state index in [-0.39, 0.29) is 24.9 Å². The molecule has 0 saturated heterocycles. The molecule has 2 amide bonds. The maximum absolute atomic E-state index is 12.1. The molecule has 0 spiro atoms. The number of carbonyl (C=O) groups is 2. The van der Waals surface area contributed by atoms with E-state index in [1.807, 2.05) is 25.2 Å². The molecule has 134 valence electrons. The number of hydrogen-bond donors (Lipinski definition) is 2. The van der Waals surface area contributed by atoms with E-state index in [1.54, 1.807) is 12.1 Å². The van der Waals surface area contributed by atoms with Crippen LogP contribution in [0.1, 0.15) is 20.8 Å². The number of benzene rings is 1. The van der Waals surface area contributed by atoms with Gasteiger partial charge in [-0.1, -0.05) is 18.2 Å². The van der Waals surface area contributed by atoms with Crippen molar-refractivity contribution in [3.63, 3.8) is 0 Å². The number of primary amides is 1. The molecular formula is C17H20ClN3O3S. The van der Waals surface area contributed by atoms with Crippen LogP contribution in [-0.2, 0) is 17.8 Å². The van der Waals surface area contributed by atoms with Crippen LogP contribution in [0.5, 0.6) is 5.75 Å². The maximum atomic E-state index is 12.1. The first-order valence-corrected chi connectivity index (χ1v) is 8.47. The third kappa shape index (κ3) is 4.50. The summed E-state index contributed by atoms with van der Waals surface area (Å²) in [7, 11) is 2.03. The Kier molecular flexibility index (Phi) is 6.41. The third-order valence-corrected chi connectivity index (χ3v) is 4.99. The Morgan fingerprint density at radius 1 is 1.32 bits per heavy atom. The van der Waals surface area contributed by atoms with Crippen molar-refractivity contribution in [2.45, 2.75) is 13.0 Å². The van der Waals surface area contributed by atoms with Crippen LogP contribution in [0.3, 0.4) is 0 Å². The first-order valence-electron chi connectivity index (χ1n) is 7.65. The lowest BCUT2D eigenvalue weighted by atomic mass is 10.0. The Bertz CT molecular complexity index is 764. The van der Waals surface area contributed by atoms with Crippen LogP contribution in [0.25, 0.3) is 0 Å². The number of nitrogens with two attached hydrogens (primary N) is 1. The highest BCUT2D eigenvalue weighted by Crippen LogP contribution is 2.36. The van der Waals surface area contributed by atoms with Gasteiger partial charge in [0.05, 0.1) is 5.56 Å². The van der Waals surface area contributed by atoms with Gasteiger partial charge < -0.3 is 20.7 Å². The minimum Gasteiger partial charge on any atom is -0.484 e. The fourth-order valence-corrected chi connectivity index (χ4v) is 4.06. The van der Waals surface area contributed by atoms with Crippen LogP contribution in [-0.4, -0.2) is 36.9 Å². The molecule has 0 unspecified atom stereocenters. The fraction of sp³-hybridized carbons (Fsp3) is 0.294. The molecule has 2 aromatic rings. The molecule has 8 heteroatoms. The van der Waals surface area contributed by atoms with Crippen LogP contribution >= 0.6 is 23.7 Å². The Hall–Kier alpha value is -2.09. The van der Waals surface area contributed by atoms with Crippen molar-refractivity contribution in [1.82, 2.24) is 4.90 Å². The van der Waals surface area contributed by atoms with E-state index in [1.165, 1.54) is 11.3 Å². The number of nitrogens with one attached hydrogen (secondary N) is 1. The third-order valence-electron chi connectivity index (χ3n) is 3.86. The minimum absolute atomic E-state index is 0. The first kappa shape index (κ1) is 19.2. The summed E-state index contributed by atoms with van der Waals surface area (Å²) < 4.78 is 5.43. The van der Waals surface area contributed by atoms with Crippen LogP contribution < -0.4 is 15.8 Å². The van der Waals surface area contributed by atoms with Crippen molar-refractivity contribution in [3.05, 3.63) is 46.3 Å². The summed E-state index contributed by atoms with van der Waals surface area (Å²) in [6, 6.07) is 9.10. The molecule has 0 fully saturated rings. The zero-order valence-electron chi connectivity index (χ0n) is 13.8. The van der Waals surface area contributed by atoms with Gasteiger partial charge in [0.2, 0.25) is 0 Å². The molecular weight excluding hydrogens is 362 g/mol. The van der Waals surface area contributed by atoms with E-state index >= 15 is 0 Å². The quantitative estimate of drug-likeness (QED) is 0.832. The van der Waals surface area contributed by atoms with Gasteiger partial charge in [-0.2, -0.15) is 0 Å². The molecule has 3 N–H and O–H groups in total. The van der Waals surface area contributed by atoms with Crippen LogP contribution in [0, 0.1) is 0 Å². The number of ether oxygens (including phenoxy) is 1. The van der Waals surface area contributed by atoms with E-state index in [0.29, 0.717) is 16.3 Å². The predicted octanol–water partition coefficient (Wildman–Crippen LogP) is 2.27. The highest BCUT2D eigenvalue weighted by Gasteiger charge is 2.26. The number of nitrogens with zero attached hydrogens (tertiary/aromatic N) is 1. The van der Waals surface area contributed by atoms with Crippen LogP contribution in [0.4, 0.5) is 5.00 Å². The average molecular weight is 382 g/mol. The molecule has 0 aliphatic carbocycles. The summed E-state index contributed by atoms with van der Waals surface area (Å²) in [5.74, 6) is -0.195. The van der Waals surface area contributed by atoms with E-state index in [9.17, 15) is 9.59 Å². The molecule has 1 aromatic heterocycles. The molecule has 2 heterocycles. The van der Waals surface area contributed by atoms with E-state index in [4.69, 9.17) is 10.5 Å². The molecule has 1 aliphatic heterocycles. The summed E-state index contributed by atoms with van der Waals surface area (Å²) in [5, 5.41) is 3.29. The summed E-state index contributed by atoms with van der Waals surface area (Å²) in [6.07, 6.45) is 0.761. The van der Waals surface area contributed by atoms with Gasteiger partial charge in [0.1, 0.15) is 10.8 Å². The second-order valence-electron chi connectivity index (χ2n) is 5.71. The molecule has 6 nitrogen and oxygen atoms in total. The molecule has 0 radical (unpaired) electrons. The van der Waals surface area contributed by atoms with E-state index in [2.05, 4.69) is 10.2 Å². The predicted molar refractivity (Wildman–Crippen MR) is 101 cm³/mol. The zero-order valence-corrected chi connectivity index (χ0v) is 15.4. The lowest BCUT2D eigenvalue weighted by Crippen LogP contribution is -2.27. The van der Waals surface area contributed by atoms with Crippen molar-refractivity contribution in [3.8, 4) is 5.75 Å². The molecule has 1 aliphatic rings. The smallest absolute Gasteiger partial charge is 0.262 e. The van der Waals surface area contributed by atoms with Gasteiger partial charge >= 0.3 is 0 Å². The van der Waals surface area contributed by atoms with Crippen LogP contribution in [0.2, 0.25) is 0 Å². The monoisotopic (exact) mass is 381 g/mol. The van der Waals surface area contributed by atoms with Gasteiger partial charge in [0.25, 0.3) is 11.8 Å².